The number of rotatable bonds is 8. The lowest BCUT2D eigenvalue weighted by Gasteiger charge is -2.15. The van der Waals surface area contributed by atoms with Crippen molar-refractivity contribution in [1.29, 1.82) is 0 Å². The minimum atomic E-state index is 0.867. The van der Waals surface area contributed by atoms with Crippen molar-refractivity contribution in [1.82, 2.24) is 4.57 Å². The Morgan fingerprint density at radius 2 is 0.938 bits per heavy atom. The molecular weight excluding hydrogens is 775 g/mol. The van der Waals surface area contributed by atoms with Crippen LogP contribution in [0.2, 0.25) is 0 Å². The molecule has 0 atom stereocenters. The maximum Gasteiger partial charge on any atom is 0.0864 e. The Labute approximate surface area is 371 Å². The van der Waals surface area contributed by atoms with Gasteiger partial charge in [-0.05, 0) is 103 Å². The second-order valence-corrected chi connectivity index (χ2v) is 16.4. The van der Waals surface area contributed by atoms with Crippen molar-refractivity contribution in [2.24, 2.45) is 4.99 Å². The molecule has 0 amide bonds. The van der Waals surface area contributed by atoms with Crippen molar-refractivity contribution in [2.45, 2.75) is 0 Å². The Kier molecular flexibility index (Phi) is 9.16. The Balaban J connectivity index is 0.928. The quantitative estimate of drug-likeness (QED) is 0.152. The summed E-state index contributed by atoms with van der Waals surface area (Å²) in [5.74, 6) is 0. The van der Waals surface area contributed by atoms with Gasteiger partial charge in [-0.25, -0.2) is 0 Å². The molecule has 1 N–H and O–H groups in total. The van der Waals surface area contributed by atoms with E-state index in [1.165, 1.54) is 76.7 Å². The van der Waals surface area contributed by atoms with Crippen LogP contribution in [0.3, 0.4) is 0 Å². The van der Waals surface area contributed by atoms with Crippen LogP contribution in [0.15, 0.2) is 242 Å². The molecule has 12 aromatic rings. The third-order valence-corrected chi connectivity index (χ3v) is 12.7. The average Bonchev–Trinajstić information content (AvgIpc) is 3.71. The number of nitrogens with one attached hydrogen (secondary N) is 1. The van der Waals surface area contributed by atoms with Crippen LogP contribution in [0.4, 0.5) is 17.1 Å². The van der Waals surface area contributed by atoms with Crippen molar-refractivity contribution < 1.29 is 0 Å². The van der Waals surface area contributed by atoms with Crippen LogP contribution in [0.25, 0.3) is 93.2 Å². The SMILES string of the molecule is C(=Nc1ccccc1Nc1ccc(-c2ccc(-c3ccccc3)cc2)cc1)c1cccc2c(-n3c4ccc5ccccc5c4c4c5ccccc5c(-c5ccccc5)cc43)cccc12. The van der Waals surface area contributed by atoms with Gasteiger partial charge in [0.05, 0.1) is 28.1 Å². The number of hydrogen-bond acceptors (Lipinski definition) is 2. The van der Waals surface area contributed by atoms with Crippen molar-refractivity contribution in [3.8, 4) is 39.1 Å². The second-order valence-electron chi connectivity index (χ2n) is 16.4. The van der Waals surface area contributed by atoms with Gasteiger partial charge in [0, 0.05) is 33.6 Å². The van der Waals surface area contributed by atoms with Gasteiger partial charge in [-0.15, -0.1) is 0 Å². The molecule has 11 aromatic carbocycles. The van der Waals surface area contributed by atoms with Crippen molar-refractivity contribution in [2.75, 3.05) is 5.32 Å². The lowest BCUT2D eigenvalue weighted by molar-refractivity contribution is 1.20. The zero-order valence-corrected chi connectivity index (χ0v) is 35.0. The maximum atomic E-state index is 5.13. The van der Waals surface area contributed by atoms with Gasteiger partial charge < -0.3 is 9.88 Å². The fourth-order valence-corrected chi connectivity index (χ4v) is 9.60. The van der Waals surface area contributed by atoms with E-state index < -0.39 is 0 Å². The highest BCUT2D eigenvalue weighted by Gasteiger charge is 2.21. The normalized spacial score (nSPS) is 11.7. The van der Waals surface area contributed by atoms with Gasteiger partial charge in [0.15, 0.2) is 0 Å². The summed E-state index contributed by atoms with van der Waals surface area (Å²) in [6.45, 7) is 0. The van der Waals surface area contributed by atoms with E-state index in [1.54, 1.807) is 0 Å². The van der Waals surface area contributed by atoms with Crippen LogP contribution >= 0.6 is 0 Å². The summed E-state index contributed by atoms with van der Waals surface area (Å²) in [6.07, 6.45) is 2.01. The molecule has 0 aliphatic heterocycles. The summed E-state index contributed by atoms with van der Waals surface area (Å²) in [5, 5.41) is 13.5. The van der Waals surface area contributed by atoms with Gasteiger partial charge in [-0.1, -0.05) is 194 Å². The molecule has 1 heterocycles. The number of para-hydroxylation sites is 2. The van der Waals surface area contributed by atoms with Crippen LogP contribution < -0.4 is 5.32 Å². The number of benzene rings is 11. The maximum absolute atomic E-state index is 5.13. The predicted molar refractivity (Wildman–Crippen MR) is 273 cm³/mol. The lowest BCUT2D eigenvalue weighted by Crippen LogP contribution is -1.97. The summed E-state index contributed by atoms with van der Waals surface area (Å²) in [6, 6.07) is 84.8. The van der Waals surface area contributed by atoms with E-state index in [2.05, 4.69) is 240 Å². The molecule has 0 bridgehead atoms. The third kappa shape index (κ3) is 6.50. The molecule has 3 nitrogen and oxygen atoms in total. The van der Waals surface area contributed by atoms with E-state index in [0.717, 1.165) is 39.1 Å². The Bertz CT molecular complexity index is 3720. The first-order chi connectivity index (χ1) is 31.7. The molecule has 3 heteroatoms. The fraction of sp³-hybridized carbons (Fsp3) is 0. The molecule has 0 radical (unpaired) electrons. The number of anilines is 2. The molecular formula is C61H41N3. The summed E-state index contributed by atoms with van der Waals surface area (Å²) in [7, 11) is 0. The van der Waals surface area contributed by atoms with E-state index in [0.29, 0.717) is 0 Å². The van der Waals surface area contributed by atoms with Crippen molar-refractivity contribution in [3.63, 3.8) is 0 Å². The molecule has 0 saturated carbocycles. The minimum Gasteiger partial charge on any atom is -0.354 e. The summed E-state index contributed by atoms with van der Waals surface area (Å²) in [4.78, 5) is 5.13. The van der Waals surface area contributed by atoms with E-state index in [4.69, 9.17) is 4.99 Å². The molecule has 0 fully saturated rings. The Morgan fingerprint density at radius 1 is 0.375 bits per heavy atom. The molecule has 0 spiro atoms. The van der Waals surface area contributed by atoms with E-state index >= 15 is 0 Å². The Hall–Kier alpha value is -8.53. The Morgan fingerprint density at radius 3 is 1.70 bits per heavy atom. The molecule has 64 heavy (non-hydrogen) atoms. The molecule has 1 aromatic heterocycles. The molecule has 12 rings (SSSR count). The molecule has 0 saturated heterocycles. The summed E-state index contributed by atoms with van der Waals surface area (Å²) < 4.78 is 2.49. The van der Waals surface area contributed by atoms with Gasteiger partial charge in [0.2, 0.25) is 0 Å². The van der Waals surface area contributed by atoms with Crippen LogP contribution in [0.5, 0.6) is 0 Å². The summed E-state index contributed by atoms with van der Waals surface area (Å²) in [5.41, 5.74) is 14.6. The van der Waals surface area contributed by atoms with E-state index in [9.17, 15) is 0 Å². The smallest absolute Gasteiger partial charge is 0.0864 e. The molecule has 0 aliphatic carbocycles. The van der Waals surface area contributed by atoms with Gasteiger partial charge in [-0.2, -0.15) is 0 Å². The predicted octanol–water partition coefficient (Wildman–Crippen LogP) is 16.7. The number of aromatic nitrogens is 1. The average molecular weight is 816 g/mol. The van der Waals surface area contributed by atoms with Crippen LogP contribution in [0.1, 0.15) is 5.56 Å². The lowest BCUT2D eigenvalue weighted by atomic mass is 9.94. The number of aliphatic imine (C=N–C) groups is 1. The van der Waals surface area contributed by atoms with Crippen molar-refractivity contribution in [3.05, 3.63) is 242 Å². The zero-order chi connectivity index (χ0) is 42.4. The minimum absolute atomic E-state index is 0.867. The van der Waals surface area contributed by atoms with Crippen LogP contribution in [0, 0.1) is 0 Å². The van der Waals surface area contributed by atoms with Crippen LogP contribution in [-0.4, -0.2) is 10.8 Å². The molecule has 0 unspecified atom stereocenters. The van der Waals surface area contributed by atoms with Gasteiger partial charge in [0.25, 0.3) is 0 Å². The van der Waals surface area contributed by atoms with Gasteiger partial charge >= 0.3 is 0 Å². The largest absolute Gasteiger partial charge is 0.354 e. The summed E-state index contributed by atoms with van der Waals surface area (Å²) >= 11 is 0. The molecule has 300 valence electrons. The highest BCUT2D eigenvalue weighted by atomic mass is 15.0. The monoisotopic (exact) mass is 815 g/mol. The van der Waals surface area contributed by atoms with Gasteiger partial charge in [0.1, 0.15) is 0 Å². The molecule has 0 aliphatic rings. The van der Waals surface area contributed by atoms with Crippen LogP contribution in [-0.2, 0) is 0 Å². The second kappa shape index (κ2) is 15.7. The van der Waals surface area contributed by atoms with E-state index in [-0.39, 0.29) is 0 Å². The zero-order valence-electron chi connectivity index (χ0n) is 35.0. The highest BCUT2D eigenvalue weighted by Crippen LogP contribution is 2.45. The van der Waals surface area contributed by atoms with Gasteiger partial charge in [-0.3, -0.25) is 4.99 Å². The highest BCUT2D eigenvalue weighted by molar-refractivity contribution is 6.30. The first-order valence-corrected chi connectivity index (χ1v) is 21.9. The van der Waals surface area contributed by atoms with Crippen molar-refractivity contribution >= 4 is 77.4 Å². The standard InChI is InChI=1S/C61H41N3/c1-3-15-41(16-4-1)42-29-31-43(32-30-42)44-33-36-48(37-34-44)63-56-27-12-11-26-55(56)62-40-47-20-13-25-52-49(47)24-14-28-57(52)64-58-38-35-46-19-7-8-21-50(46)60(58)61-53-23-10-9-22-51(53)54(39-59(61)64)45-17-5-2-6-18-45/h1-40,63H. The first-order valence-electron chi connectivity index (χ1n) is 21.9. The fourth-order valence-electron chi connectivity index (χ4n) is 9.60. The van der Waals surface area contributed by atoms with E-state index in [1.807, 2.05) is 12.3 Å². The number of nitrogens with zero attached hydrogens (tertiary/aromatic N) is 2. The first kappa shape index (κ1) is 37.2. The third-order valence-electron chi connectivity index (χ3n) is 12.7. The number of hydrogen-bond donors (Lipinski definition) is 1. The number of fused-ring (bicyclic) bond motifs is 8. The topological polar surface area (TPSA) is 29.3 Å².